The van der Waals surface area contributed by atoms with Gasteiger partial charge in [-0.1, -0.05) is 18.5 Å². The van der Waals surface area contributed by atoms with Gasteiger partial charge in [-0.05, 0) is 79.5 Å². The van der Waals surface area contributed by atoms with Gasteiger partial charge in [-0.25, -0.2) is 14.4 Å². The van der Waals surface area contributed by atoms with Gasteiger partial charge in [-0.2, -0.15) is 0 Å². The number of amides is 1. The lowest BCUT2D eigenvalue weighted by atomic mass is 10.00. The molecule has 0 aliphatic heterocycles. The number of rotatable bonds is 6. The van der Waals surface area contributed by atoms with Gasteiger partial charge in [0.1, 0.15) is 18.2 Å². The highest BCUT2D eigenvalue weighted by molar-refractivity contribution is 6.30. The molecule has 3 atom stereocenters. The van der Waals surface area contributed by atoms with E-state index in [2.05, 4.69) is 22.2 Å². The van der Waals surface area contributed by atoms with Crippen LogP contribution in [0.3, 0.4) is 0 Å². The molecule has 0 radical (unpaired) electrons. The lowest BCUT2D eigenvalue weighted by Crippen LogP contribution is -2.37. The minimum Gasteiger partial charge on any atom is -0.474 e. The van der Waals surface area contributed by atoms with E-state index in [4.69, 9.17) is 16.3 Å². The van der Waals surface area contributed by atoms with E-state index < -0.39 is 0 Å². The lowest BCUT2D eigenvalue weighted by molar-refractivity contribution is 0.0924. The predicted molar refractivity (Wildman–Crippen MR) is 117 cm³/mol. The quantitative estimate of drug-likeness (QED) is 0.584. The van der Waals surface area contributed by atoms with Crippen LogP contribution in [-0.4, -0.2) is 28.0 Å². The molecule has 0 spiro atoms. The predicted octanol–water partition coefficient (Wildman–Crippen LogP) is 5.03. The van der Waals surface area contributed by atoms with Crippen LogP contribution in [0.4, 0.5) is 4.39 Å². The van der Waals surface area contributed by atoms with E-state index >= 15 is 0 Å². The molecule has 2 aliphatic carbocycles. The number of halogens is 2. The molecule has 0 saturated heterocycles. The second-order valence-electron chi connectivity index (χ2n) is 8.45. The maximum Gasteiger partial charge on any atom is 0.251 e. The van der Waals surface area contributed by atoms with Gasteiger partial charge in [-0.3, -0.25) is 4.79 Å². The second kappa shape index (κ2) is 8.08. The summed E-state index contributed by atoms with van der Waals surface area (Å²) in [5, 5.41) is 4.42. The maximum atomic E-state index is 13.7. The molecule has 1 heterocycles. The zero-order chi connectivity index (χ0) is 21.5. The van der Waals surface area contributed by atoms with Crippen molar-refractivity contribution in [2.45, 2.75) is 38.3 Å². The Morgan fingerprint density at radius 1 is 1.19 bits per heavy atom. The number of ether oxygens (including phenoxy) is 1. The third kappa shape index (κ3) is 3.97. The van der Waals surface area contributed by atoms with Gasteiger partial charge < -0.3 is 10.1 Å². The molecule has 31 heavy (non-hydrogen) atoms. The first-order valence-electron chi connectivity index (χ1n) is 10.7. The molecule has 2 fully saturated rings. The maximum absolute atomic E-state index is 13.7. The average Bonchev–Trinajstić information content (AvgIpc) is 3.26. The monoisotopic (exact) mass is 439 g/mol. The van der Waals surface area contributed by atoms with Crippen molar-refractivity contribution in [2.24, 2.45) is 17.8 Å². The molecule has 1 N–H and O–H groups in total. The fourth-order valence-electron chi connectivity index (χ4n) is 5.12. The van der Waals surface area contributed by atoms with Crippen molar-refractivity contribution < 1.29 is 13.9 Å². The van der Waals surface area contributed by atoms with Gasteiger partial charge in [0.25, 0.3) is 5.91 Å². The van der Waals surface area contributed by atoms with Crippen LogP contribution in [-0.2, 0) is 0 Å². The van der Waals surface area contributed by atoms with Crippen LogP contribution in [0.5, 0.6) is 5.88 Å². The van der Waals surface area contributed by atoms with E-state index in [0.29, 0.717) is 45.1 Å². The topological polar surface area (TPSA) is 64.1 Å². The molecule has 7 heteroatoms. The van der Waals surface area contributed by atoms with Gasteiger partial charge in [0.2, 0.25) is 5.88 Å². The van der Waals surface area contributed by atoms with E-state index in [1.54, 1.807) is 30.3 Å². The molecule has 3 aromatic rings. The number of hydrogen-bond donors (Lipinski definition) is 1. The summed E-state index contributed by atoms with van der Waals surface area (Å²) in [4.78, 5) is 21.0. The summed E-state index contributed by atoms with van der Waals surface area (Å²) < 4.78 is 19.8. The Morgan fingerprint density at radius 3 is 2.65 bits per heavy atom. The molecule has 1 amide bonds. The summed E-state index contributed by atoms with van der Waals surface area (Å²) in [6, 6.07) is 11.5. The van der Waals surface area contributed by atoms with Gasteiger partial charge in [0.05, 0.1) is 10.9 Å². The van der Waals surface area contributed by atoms with E-state index in [1.807, 2.05) is 0 Å². The average molecular weight is 440 g/mol. The summed E-state index contributed by atoms with van der Waals surface area (Å²) in [5.74, 6) is 1.59. The molecule has 1 aromatic heterocycles. The summed E-state index contributed by atoms with van der Waals surface area (Å²) in [6.45, 7) is 2.11. The molecule has 2 aromatic carbocycles. The third-order valence-electron chi connectivity index (χ3n) is 6.63. The Kier molecular flexibility index (Phi) is 5.26. The molecule has 0 unspecified atom stereocenters. The number of aromatic nitrogens is 2. The molecule has 5 nitrogen and oxygen atoms in total. The van der Waals surface area contributed by atoms with E-state index in [1.165, 1.54) is 18.5 Å². The number of carbonyl (C=O) groups is 1. The number of benzene rings is 2. The normalized spacial score (nSPS) is 23.4. The van der Waals surface area contributed by atoms with Crippen molar-refractivity contribution in [3.8, 4) is 5.88 Å². The van der Waals surface area contributed by atoms with Crippen molar-refractivity contribution in [3.05, 3.63) is 65.2 Å². The third-order valence-corrected chi connectivity index (χ3v) is 6.89. The Morgan fingerprint density at radius 2 is 1.94 bits per heavy atom. The van der Waals surface area contributed by atoms with Crippen LogP contribution < -0.4 is 10.1 Å². The summed E-state index contributed by atoms with van der Waals surface area (Å²) in [5.41, 5.74) is 1.29. The van der Waals surface area contributed by atoms with Gasteiger partial charge in [0.15, 0.2) is 0 Å². The molecule has 2 saturated carbocycles. The molecule has 2 aliphatic rings. The Bertz CT molecular complexity index is 1110. The SMILES string of the molecule is CC[C@H](NC(=O)c1ccc(Cl)cc1)C1[C@H]2CC(Oc3ncnc4ccc(F)cc34)C[C@H]12. The van der Waals surface area contributed by atoms with E-state index in [0.717, 1.165) is 19.3 Å². The summed E-state index contributed by atoms with van der Waals surface area (Å²) >= 11 is 5.92. The van der Waals surface area contributed by atoms with Crippen molar-refractivity contribution >= 4 is 28.4 Å². The summed E-state index contributed by atoms with van der Waals surface area (Å²) in [6.07, 6.45) is 4.23. The van der Waals surface area contributed by atoms with Gasteiger partial charge in [0, 0.05) is 16.6 Å². The van der Waals surface area contributed by atoms with E-state index in [-0.39, 0.29) is 23.9 Å². The molecule has 5 rings (SSSR count). The standard InChI is InChI=1S/C24H23ClFN3O2/c1-2-20(29-23(30)13-3-5-14(25)6-4-13)22-17-10-16(11-18(17)22)31-24-19-9-15(26)7-8-21(19)27-12-28-24/h3-9,12,16-18,20,22H,2,10-11H2,1H3,(H,29,30)/t16?,17-,18-,20-,22?/m0/s1. The van der Waals surface area contributed by atoms with Gasteiger partial charge in [-0.15, -0.1) is 0 Å². The largest absolute Gasteiger partial charge is 0.474 e. The second-order valence-corrected chi connectivity index (χ2v) is 8.89. The van der Waals surface area contributed by atoms with Crippen LogP contribution in [0, 0.1) is 23.6 Å². The first-order chi connectivity index (χ1) is 15.0. The zero-order valence-electron chi connectivity index (χ0n) is 17.1. The minimum absolute atomic E-state index is 0.0529. The van der Waals surface area contributed by atoms with Gasteiger partial charge >= 0.3 is 0 Å². The first kappa shape index (κ1) is 20.2. The fraction of sp³-hybridized carbons (Fsp3) is 0.375. The van der Waals surface area contributed by atoms with Crippen LogP contribution in [0.15, 0.2) is 48.8 Å². The molecular weight excluding hydrogens is 417 g/mol. The highest BCUT2D eigenvalue weighted by atomic mass is 35.5. The molecule has 160 valence electrons. The Labute approximate surface area is 185 Å². The van der Waals surface area contributed by atoms with Crippen LogP contribution in [0.25, 0.3) is 10.9 Å². The lowest BCUT2D eigenvalue weighted by Gasteiger charge is -2.22. The fourth-order valence-corrected chi connectivity index (χ4v) is 5.24. The van der Waals surface area contributed by atoms with Crippen molar-refractivity contribution in [1.82, 2.24) is 15.3 Å². The summed E-state index contributed by atoms with van der Waals surface area (Å²) in [7, 11) is 0. The smallest absolute Gasteiger partial charge is 0.251 e. The van der Waals surface area contributed by atoms with Crippen LogP contribution in [0.2, 0.25) is 5.02 Å². The highest BCUT2D eigenvalue weighted by Crippen LogP contribution is 2.60. The van der Waals surface area contributed by atoms with Crippen LogP contribution >= 0.6 is 11.6 Å². The number of fused-ring (bicyclic) bond motifs is 2. The number of nitrogens with one attached hydrogen (secondary N) is 1. The van der Waals surface area contributed by atoms with E-state index in [9.17, 15) is 9.18 Å². The number of carbonyl (C=O) groups excluding carboxylic acids is 1. The Hall–Kier alpha value is -2.73. The minimum atomic E-state index is -0.330. The molecular formula is C24H23ClFN3O2. The number of nitrogens with zero attached hydrogens (tertiary/aromatic N) is 2. The van der Waals surface area contributed by atoms with Crippen molar-refractivity contribution in [1.29, 1.82) is 0 Å². The van der Waals surface area contributed by atoms with Crippen molar-refractivity contribution in [2.75, 3.05) is 0 Å². The molecule has 0 bridgehead atoms. The first-order valence-corrected chi connectivity index (χ1v) is 11.0. The van der Waals surface area contributed by atoms with Crippen LogP contribution in [0.1, 0.15) is 36.5 Å². The highest BCUT2D eigenvalue weighted by Gasteiger charge is 2.59. The Balaban J connectivity index is 1.21. The van der Waals surface area contributed by atoms with Crippen molar-refractivity contribution in [3.63, 3.8) is 0 Å². The zero-order valence-corrected chi connectivity index (χ0v) is 17.8. The number of hydrogen-bond acceptors (Lipinski definition) is 4.